The van der Waals surface area contributed by atoms with E-state index in [0.29, 0.717) is 51.1 Å². The minimum Gasteiger partial charge on any atom is -0.308 e. The van der Waals surface area contributed by atoms with E-state index in [2.05, 4.69) is 111 Å². The minimum absolute atomic E-state index is 0.378. The van der Waals surface area contributed by atoms with Gasteiger partial charge in [-0.2, -0.15) is 10.5 Å². The number of fused-ring (bicyclic) bond motifs is 6. The molecule has 9 heteroatoms. The summed E-state index contributed by atoms with van der Waals surface area (Å²) in [4.78, 5) is 23.1. The zero-order chi connectivity index (χ0) is 47.3. The van der Waals surface area contributed by atoms with Crippen LogP contribution in [0.15, 0.2) is 194 Å². The van der Waals surface area contributed by atoms with Crippen LogP contribution in [0, 0.1) is 35.8 Å². The number of nitrogens with zero attached hydrogens (tertiary/aromatic N) is 8. The van der Waals surface area contributed by atoms with Crippen molar-refractivity contribution in [2.75, 3.05) is 0 Å². The highest BCUT2D eigenvalue weighted by molar-refractivity contribution is 7.26. The van der Waals surface area contributed by atoms with Gasteiger partial charge in [-0.1, -0.05) is 146 Å². The second-order valence-electron chi connectivity index (χ2n) is 16.8. The molecule has 322 valence electrons. The number of benzene rings is 9. The van der Waals surface area contributed by atoms with Crippen molar-refractivity contribution in [1.82, 2.24) is 19.5 Å². The van der Waals surface area contributed by atoms with Gasteiger partial charge in [-0.25, -0.2) is 24.6 Å². The van der Waals surface area contributed by atoms with Crippen molar-refractivity contribution in [2.24, 2.45) is 0 Å². The third-order valence-corrected chi connectivity index (χ3v) is 14.0. The van der Waals surface area contributed by atoms with Crippen LogP contribution in [-0.2, 0) is 0 Å². The van der Waals surface area contributed by atoms with Crippen molar-refractivity contribution >= 4 is 64.7 Å². The molecule has 9 aromatic carbocycles. The van der Waals surface area contributed by atoms with E-state index in [1.165, 1.54) is 20.2 Å². The summed E-state index contributed by atoms with van der Waals surface area (Å²) in [5.41, 5.74) is 11.6. The molecule has 0 aliphatic rings. The van der Waals surface area contributed by atoms with Crippen LogP contribution in [0.25, 0.3) is 125 Å². The number of hydrogen-bond donors (Lipinski definition) is 0. The first kappa shape index (κ1) is 41.4. The molecule has 8 nitrogen and oxygen atoms in total. The summed E-state index contributed by atoms with van der Waals surface area (Å²) in [5, 5.41) is 24.4. The average Bonchev–Trinajstić information content (AvgIpc) is 3.98. The van der Waals surface area contributed by atoms with Crippen molar-refractivity contribution in [3.63, 3.8) is 0 Å². The van der Waals surface area contributed by atoms with Crippen LogP contribution >= 0.6 is 11.3 Å². The average molecular weight is 909 g/mol. The van der Waals surface area contributed by atoms with Crippen molar-refractivity contribution in [2.45, 2.75) is 0 Å². The first-order chi connectivity index (χ1) is 34.5. The highest BCUT2D eigenvalue weighted by atomic mass is 32.1. The summed E-state index contributed by atoms with van der Waals surface area (Å²) in [6.07, 6.45) is 0. The molecule has 3 aromatic heterocycles. The van der Waals surface area contributed by atoms with Crippen molar-refractivity contribution in [3.8, 4) is 85.4 Å². The maximum Gasteiger partial charge on any atom is 0.196 e. The third kappa shape index (κ3) is 7.00. The third-order valence-electron chi connectivity index (χ3n) is 12.8. The Hall–Kier alpha value is -10.0. The van der Waals surface area contributed by atoms with Gasteiger partial charge in [-0.15, -0.1) is 11.3 Å². The molecule has 0 aliphatic heterocycles. The molecular formula is C61H32N8S. The summed E-state index contributed by atoms with van der Waals surface area (Å²) < 4.78 is 4.61. The molecule has 0 N–H and O–H groups in total. The molecular weight excluding hydrogens is 877 g/mol. The summed E-state index contributed by atoms with van der Waals surface area (Å²) in [6.45, 7) is 15.7. The molecule has 12 aromatic rings. The number of rotatable bonds is 7. The van der Waals surface area contributed by atoms with Crippen molar-refractivity contribution in [3.05, 3.63) is 228 Å². The van der Waals surface area contributed by atoms with Gasteiger partial charge in [0.05, 0.1) is 42.0 Å². The van der Waals surface area contributed by atoms with Gasteiger partial charge in [-0.05, 0) is 81.9 Å². The van der Waals surface area contributed by atoms with E-state index in [4.69, 9.17) is 28.1 Å². The molecule has 0 aliphatic carbocycles. The first-order valence-corrected chi connectivity index (χ1v) is 23.2. The van der Waals surface area contributed by atoms with Gasteiger partial charge in [0.2, 0.25) is 0 Å². The molecule has 0 amide bonds. The molecule has 0 radical (unpaired) electrons. The van der Waals surface area contributed by atoms with Crippen LogP contribution in [0.5, 0.6) is 0 Å². The van der Waals surface area contributed by atoms with E-state index < -0.39 is 0 Å². The normalized spacial score (nSPS) is 11.1. The van der Waals surface area contributed by atoms with Gasteiger partial charge in [0.1, 0.15) is 0 Å². The lowest BCUT2D eigenvalue weighted by Crippen LogP contribution is -2.04. The van der Waals surface area contributed by atoms with Crippen molar-refractivity contribution in [1.29, 1.82) is 10.5 Å². The SMILES string of the molecule is [C-]#[N+]c1ccc(-c2ccc3c4ccc(-c5ccc(C#N)cc5[N+]#[C-])cc4n(-c4ccc(-c5cccc6c5sc5ccccc56)cc4-c4nc(-c5ccccc5)nc(-c5ccccc5)n4)c3c2)c(C#N)c1. The van der Waals surface area contributed by atoms with E-state index >= 15 is 0 Å². The molecule has 0 fully saturated rings. The fourth-order valence-corrected chi connectivity index (χ4v) is 10.7. The van der Waals surface area contributed by atoms with E-state index in [0.717, 1.165) is 66.4 Å². The van der Waals surface area contributed by atoms with Gasteiger partial charge in [0.15, 0.2) is 28.8 Å². The van der Waals surface area contributed by atoms with Gasteiger partial charge in [0, 0.05) is 58.8 Å². The first-order valence-electron chi connectivity index (χ1n) is 22.3. The molecule has 0 saturated carbocycles. The summed E-state index contributed by atoms with van der Waals surface area (Å²) in [6, 6.07) is 68.7. The standard InChI is InChI=1S/C61H32N8S/c1-64-44-24-28-45(43(31-44)36-63)41-21-26-48-49-27-22-42(46-25-20-37(35-62)30-53(46)65-2)34-56(49)69(55(48)33-41)54-29-23-40(47-17-11-18-51-50-16-9-10-19-57(50)70-58(47)51)32-52(54)61-67-59(38-12-5-3-6-13-38)66-60(68-61)39-14-7-4-8-15-39/h3-34H. The summed E-state index contributed by atoms with van der Waals surface area (Å²) in [7, 11) is 0. The smallest absolute Gasteiger partial charge is 0.196 e. The number of hydrogen-bond acceptors (Lipinski definition) is 6. The number of nitriles is 2. The van der Waals surface area contributed by atoms with Crippen molar-refractivity contribution < 1.29 is 0 Å². The monoisotopic (exact) mass is 908 g/mol. The molecule has 0 atom stereocenters. The molecule has 12 rings (SSSR count). The Balaban J connectivity index is 1.20. The Morgan fingerprint density at radius 3 is 1.73 bits per heavy atom. The van der Waals surface area contributed by atoms with E-state index in [-0.39, 0.29) is 0 Å². The second kappa shape index (κ2) is 17.0. The summed E-state index contributed by atoms with van der Waals surface area (Å²) >= 11 is 1.77. The van der Waals surface area contributed by atoms with Gasteiger partial charge < -0.3 is 4.57 Å². The highest BCUT2D eigenvalue weighted by Gasteiger charge is 2.23. The van der Waals surface area contributed by atoms with E-state index in [9.17, 15) is 10.5 Å². The largest absolute Gasteiger partial charge is 0.308 e. The molecule has 3 heterocycles. The Morgan fingerprint density at radius 1 is 0.443 bits per heavy atom. The highest BCUT2D eigenvalue weighted by Crippen LogP contribution is 2.45. The second-order valence-corrected chi connectivity index (χ2v) is 17.8. The van der Waals surface area contributed by atoms with Gasteiger partial charge in [0.25, 0.3) is 0 Å². The number of aromatic nitrogens is 4. The van der Waals surface area contributed by atoms with Gasteiger partial charge in [-0.3, -0.25) is 0 Å². The van der Waals surface area contributed by atoms with Crippen LogP contribution in [0.3, 0.4) is 0 Å². The van der Waals surface area contributed by atoms with Crippen LogP contribution in [0.2, 0.25) is 0 Å². The van der Waals surface area contributed by atoms with Crippen LogP contribution in [0.4, 0.5) is 11.4 Å². The van der Waals surface area contributed by atoms with E-state index in [1.807, 2.05) is 84.9 Å². The predicted molar refractivity (Wildman–Crippen MR) is 282 cm³/mol. The van der Waals surface area contributed by atoms with Crippen LogP contribution in [0.1, 0.15) is 11.1 Å². The maximum absolute atomic E-state index is 10.4. The lowest BCUT2D eigenvalue weighted by Gasteiger charge is -2.17. The molecule has 0 unspecified atom stereocenters. The Bertz CT molecular complexity index is 4100. The molecule has 0 saturated heterocycles. The molecule has 0 bridgehead atoms. The minimum atomic E-state index is 0.378. The van der Waals surface area contributed by atoms with Crippen LogP contribution < -0.4 is 0 Å². The van der Waals surface area contributed by atoms with Gasteiger partial charge >= 0.3 is 0 Å². The van der Waals surface area contributed by atoms with Crippen LogP contribution in [-0.4, -0.2) is 19.5 Å². The Morgan fingerprint density at radius 2 is 1.06 bits per heavy atom. The summed E-state index contributed by atoms with van der Waals surface area (Å²) in [5.74, 6) is 1.52. The topological polar surface area (TPSA) is 99.9 Å². The zero-order valence-corrected chi connectivity index (χ0v) is 37.8. The molecule has 0 spiro atoms. The Kier molecular flexibility index (Phi) is 10.1. The fraction of sp³-hybridized carbons (Fsp3) is 0. The predicted octanol–water partition coefficient (Wildman–Crippen LogP) is 16.2. The quantitative estimate of drug-likeness (QED) is 0.148. The zero-order valence-electron chi connectivity index (χ0n) is 37.0. The Labute approximate surface area is 406 Å². The lowest BCUT2D eigenvalue weighted by molar-refractivity contribution is 1.06. The maximum atomic E-state index is 10.4. The number of thiophene rings is 1. The van der Waals surface area contributed by atoms with E-state index in [1.54, 1.807) is 35.6 Å². The fourth-order valence-electron chi connectivity index (χ4n) is 9.48. The lowest BCUT2D eigenvalue weighted by atomic mass is 9.98. The molecule has 70 heavy (non-hydrogen) atoms.